The van der Waals surface area contributed by atoms with E-state index in [1.54, 1.807) is 24.3 Å². The van der Waals surface area contributed by atoms with Gasteiger partial charge in [0.15, 0.2) is 18.0 Å². The fourth-order valence-electron chi connectivity index (χ4n) is 4.11. The Labute approximate surface area is 215 Å². The van der Waals surface area contributed by atoms with Crippen LogP contribution in [0.5, 0.6) is 0 Å². The molecular formula is C22H25ClFN2O10P. The molecule has 15 heteroatoms. The number of H-pyrrole nitrogens is 1. The number of aromatic nitrogens is 2. The summed E-state index contributed by atoms with van der Waals surface area (Å²) in [6.45, 7) is 0.0430. The van der Waals surface area contributed by atoms with Gasteiger partial charge in [0.05, 0.1) is 19.3 Å². The molecule has 37 heavy (non-hydrogen) atoms. The fraction of sp³-hybridized carbons (Fsp3) is 0.500. The Morgan fingerprint density at radius 1 is 1.35 bits per heavy atom. The van der Waals surface area contributed by atoms with Gasteiger partial charge in [0.25, 0.3) is 5.56 Å². The zero-order valence-electron chi connectivity index (χ0n) is 19.8. The van der Waals surface area contributed by atoms with Crippen molar-refractivity contribution in [3.05, 3.63) is 68.0 Å². The number of methoxy groups -OCH3 is 1. The van der Waals surface area contributed by atoms with Crippen molar-refractivity contribution in [2.45, 2.75) is 43.6 Å². The van der Waals surface area contributed by atoms with Crippen LogP contribution in [0, 0.1) is 0 Å². The van der Waals surface area contributed by atoms with Gasteiger partial charge >= 0.3 is 19.5 Å². The Bertz CT molecular complexity index is 1300. The summed E-state index contributed by atoms with van der Waals surface area (Å²) in [5, 5.41) is 0.467. The van der Waals surface area contributed by atoms with Gasteiger partial charge in [-0.05, 0) is 24.6 Å². The van der Waals surface area contributed by atoms with Crippen molar-refractivity contribution in [3.63, 3.8) is 0 Å². The molecule has 0 radical (unpaired) electrons. The third-order valence-corrected chi connectivity index (χ3v) is 7.52. The van der Waals surface area contributed by atoms with Crippen molar-refractivity contribution in [1.82, 2.24) is 9.55 Å². The molecular weight excluding hydrogens is 538 g/mol. The number of phosphoric ester groups is 1. The van der Waals surface area contributed by atoms with Gasteiger partial charge < -0.3 is 14.2 Å². The number of alkyl halides is 1. The number of aromatic amines is 1. The number of rotatable bonds is 8. The van der Waals surface area contributed by atoms with Gasteiger partial charge in [-0.1, -0.05) is 23.7 Å². The first-order chi connectivity index (χ1) is 17.5. The Morgan fingerprint density at radius 2 is 2.14 bits per heavy atom. The molecule has 2 aliphatic rings. The smallest absolute Gasteiger partial charge is 0.454 e. The molecule has 0 spiro atoms. The van der Waals surface area contributed by atoms with Gasteiger partial charge in [-0.2, -0.15) is 0 Å². The number of hydrogen-bond donors (Lipinski definition) is 1. The number of esters is 1. The monoisotopic (exact) mass is 562 g/mol. The summed E-state index contributed by atoms with van der Waals surface area (Å²) in [6, 6.07) is 7.82. The standard InChI is InChI=1S/C22H25ClFN2O10P/c1-22(24)19(35-18(28)12-31-2)16(34-20(22)26-8-6-17(27)25-21(26)29)11-33-37(30)32-9-7-15(36-37)13-4-3-5-14(23)10-13/h3-6,8,10,15-16,19-20H,7,9,11-12H2,1-2H3,(H,25,27,29)/t15-,16+,19+,20+,22+,37+/m0/s1. The normalized spacial score (nSPS) is 31.8. The van der Waals surface area contributed by atoms with Crippen molar-refractivity contribution < 1.29 is 41.5 Å². The number of carbonyl (C=O) groups is 1. The summed E-state index contributed by atoms with van der Waals surface area (Å²) in [4.78, 5) is 37.9. The first-order valence-corrected chi connectivity index (χ1v) is 13.0. The highest BCUT2D eigenvalue weighted by atomic mass is 35.5. The SMILES string of the molecule is COCC(=O)O[C@@H]1[C@@H](CO[P@@]2(=O)OCC[C@@H](c3cccc(Cl)c3)O2)O[C@@H](n2ccc(=O)[nH]c2=O)[C@]1(C)F. The molecule has 2 aromatic rings. The van der Waals surface area contributed by atoms with E-state index >= 15 is 4.39 Å². The van der Waals surface area contributed by atoms with Gasteiger partial charge in [0, 0.05) is 30.8 Å². The van der Waals surface area contributed by atoms with E-state index in [-0.39, 0.29) is 6.61 Å². The summed E-state index contributed by atoms with van der Waals surface area (Å²) in [7, 11) is -2.90. The van der Waals surface area contributed by atoms with E-state index in [4.69, 9.17) is 39.4 Å². The molecule has 2 fully saturated rings. The Kier molecular flexibility index (Phi) is 8.34. The van der Waals surface area contributed by atoms with Crippen LogP contribution in [0.1, 0.15) is 31.2 Å². The lowest BCUT2D eigenvalue weighted by molar-refractivity contribution is -0.162. The van der Waals surface area contributed by atoms with Crippen LogP contribution in [-0.4, -0.2) is 60.3 Å². The van der Waals surface area contributed by atoms with Gasteiger partial charge in [-0.3, -0.25) is 27.9 Å². The number of nitrogens with zero attached hydrogens (tertiary/aromatic N) is 1. The maximum absolute atomic E-state index is 16.0. The number of carbonyl (C=O) groups excluding carboxylic acids is 1. The summed E-state index contributed by atoms with van der Waals surface area (Å²) in [5.74, 6) is -0.905. The molecule has 0 bridgehead atoms. The van der Waals surface area contributed by atoms with Gasteiger partial charge in [-0.25, -0.2) is 18.5 Å². The molecule has 0 unspecified atom stereocenters. The lowest BCUT2D eigenvalue weighted by Crippen LogP contribution is -2.46. The number of phosphoric acid groups is 1. The summed E-state index contributed by atoms with van der Waals surface area (Å²) >= 11 is 6.04. The third-order valence-electron chi connectivity index (χ3n) is 5.81. The van der Waals surface area contributed by atoms with Crippen molar-refractivity contribution in [2.75, 3.05) is 26.9 Å². The van der Waals surface area contributed by atoms with Crippen LogP contribution >= 0.6 is 19.4 Å². The van der Waals surface area contributed by atoms with Crippen LogP contribution in [0.15, 0.2) is 46.1 Å². The molecule has 202 valence electrons. The number of benzene rings is 1. The van der Waals surface area contributed by atoms with Crippen LogP contribution in [0.25, 0.3) is 0 Å². The first kappa shape index (κ1) is 27.6. The summed E-state index contributed by atoms with van der Waals surface area (Å²) in [6.07, 6.45) is -3.80. The predicted molar refractivity (Wildman–Crippen MR) is 126 cm³/mol. The molecule has 1 N–H and O–H groups in total. The maximum atomic E-state index is 16.0. The molecule has 1 aromatic heterocycles. The third kappa shape index (κ3) is 6.20. The Morgan fingerprint density at radius 3 is 2.84 bits per heavy atom. The number of halogens is 2. The van der Waals surface area contributed by atoms with E-state index in [1.165, 1.54) is 7.11 Å². The minimum Gasteiger partial charge on any atom is -0.454 e. The average Bonchev–Trinajstić information content (AvgIpc) is 3.07. The fourth-order valence-corrected chi connectivity index (χ4v) is 5.70. The van der Waals surface area contributed by atoms with E-state index < -0.39 is 68.5 Å². The number of hydrogen-bond acceptors (Lipinski definition) is 10. The molecule has 1 aromatic carbocycles. The molecule has 0 amide bonds. The number of ether oxygens (including phenoxy) is 3. The topological polar surface area (TPSA) is 144 Å². The van der Waals surface area contributed by atoms with E-state index in [9.17, 15) is 18.9 Å². The van der Waals surface area contributed by atoms with E-state index in [2.05, 4.69) is 0 Å². The second-order valence-electron chi connectivity index (χ2n) is 8.55. The van der Waals surface area contributed by atoms with Crippen LogP contribution in [-0.2, 0) is 37.1 Å². The van der Waals surface area contributed by atoms with Crippen molar-refractivity contribution in [1.29, 1.82) is 0 Å². The van der Waals surface area contributed by atoms with Crippen LogP contribution in [0.2, 0.25) is 5.02 Å². The highest BCUT2D eigenvalue weighted by molar-refractivity contribution is 7.48. The van der Waals surface area contributed by atoms with Gasteiger partial charge in [0.1, 0.15) is 12.7 Å². The maximum Gasteiger partial charge on any atom is 0.475 e. The highest BCUT2D eigenvalue weighted by Crippen LogP contribution is 2.57. The quantitative estimate of drug-likeness (QED) is 0.376. The molecule has 2 aliphatic heterocycles. The van der Waals surface area contributed by atoms with Gasteiger partial charge in [-0.15, -0.1) is 0 Å². The summed E-state index contributed by atoms with van der Waals surface area (Å²) < 4.78 is 62.1. The highest BCUT2D eigenvalue weighted by Gasteiger charge is 2.58. The lowest BCUT2D eigenvalue weighted by Gasteiger charge is -2.30. The van der Waals surface area contributed by atoms with E-state index in [0.717, 1.165) is 23.8 Å². The molecule has 3 heterocycles. The van der Waals surface area contributed by atoms with Gasteiger partial charge in [0.2, 0.25) is 0 Å². The zero-order valence-corrected chi connectivity index (χ0v) is 21.5. The second kappa shape index (κ2) is 11.2. The Hall–Kier alpha value is -2.38. The predicted octanol–water partition coefficient (Wildman–Crippen LogP) is 2.68. The molecule has 0 saturated carbocycles. The summed E-state index contributed by atoms with van der Waals surface area (Å²) in [5.41, 5.74) is -3.45. The lowest BCUT2D eigenvalue weighted by atomic mass is 9.98. The van der Waals surface area contributed by atoms with Crippen molar-refractivity contribution in [3.8, 4) is 0 Å². The van der Waals surface area contributed by atoms with Crippen molar-refractivity contribution in [2.24, 2.45) is 0 Å². The minimum absolute atomic E-state index is 0.0441. The van der Waals surface area contributed by atoms with Crippen LogP contribution < -0.4 is 11.2 Å². The average molecular weight is 563 g/mol. The minimum atomic E-state index is -4.15. The van der Waals surface area contributed by atoms with Crippen LogP contribution in [0.4, 0.5) is 4.39 Å². The molecule has 12 nitrogen and oxygen atoms in total. The van der Waals surface area contributed by atoms with E-state index in [0.29, 0.717) is 17.0 Å². The van der Waals surface area contributed by atoms with E-state index in [1.807, 2.05) is 4.98 Å². The molecule has 2 saturated heterocycles. The van der Waals surface area contributed by atoms with Crippen molar-refractivity contribution >= 4 is 25.4 Å². The Balaban J connectivity index is 1.55. The largest absolute Gasteiger partial charge is 0.475 e. The second-order valence-corrected chi connectivity index (χ2v) is 10.6. The zero-order chi connectivity index (χ0) is 26.8. The first-order valence-electron chi connectivity index (χ1n) is 11.2. The molecule has 6 atom stereocenters. The molecule has 4 rings (SSSR count). The number of nitrogens with one attached hydrogen (secondary N) is 1. The van der Waals surface area contributed by atoms with Crippen LogP contribution in [0.3, 0.4) is 0 Å². The molecule has 0 aliphatic carbocycles.